The third-order valence-corrected chi connectivity index (χ3v) is 5.32. The van der Waals surface area contributed by atoms with Gasteiger partial charge in [-0.15, -0.1) is 0 Å². The van der Waals surface area contributed by atoms with E-state index in [9.17, 15) is 9.59 Å². The number of thioether (sulfide) groups is 1. The molecule has 0 N–H and O–H groups in total. The molecule has 146 valence electrons. The van der Waals surface area contributed by atoms with E-state index in [4.69, 9.17) is 26.4 Å². The Balaban J connectivity index is 2.22. The highest BCUT2D eigenvalue weighted by molar-refractivity contribution is 8.26. The van der Waals surface area contributed by atoms with Crippen LogP contribution >= 0.6 is 24.0 Å². The molecule has 2 rings (SSSR count). The minimum absolute atomic E-state index is 0.315. The molecule has 0 unspecified atom stereocenters. The van der Waals surface area contributed by atoms with E-state index in [2.05, 4.69) is 6.92 Å². The molecule has 1 atom stereocenters. The van der Waals surface area contributed by atoms with Crippen molar-refractivity contribution in [2.75, 3.05) is 20.8 Å². The van der Waals surface area contributed by atoms with Gasteiger partial charge in [0.2, 0.25) is 0 Å². The average molecular weight is 410 g/mol. The molecule has 0 saturated carbocycles. The van der Waals surface area contributed by atoms with E-state index >= 15 is 0 Å². The smallest absolute Gasteiger partial charge is 0.328 e. The standard InChI is InChI=1S/C19H23NO5S2/c1-5-6-9-25-14-8-7-13(10-15(14)23-3)11-16-17(21)20(19(26)27-16)12(2)18(22)24-4/h7-8,10-12H,5-6,9H2,1-4H3/b16-11-/t12-/m1/s1. The van der Waals surface area contributed by atoms with Gasteiger partial charge in [0.05, 0.1) is 25.7 Å². The van der Waals surface area contributed by atoms with Crippen LogP contribution in [0.2, 0.25) is 0 Å². The third kappa shape index (κ3) is 5.01. The molecule has 0 bridgehead atoms. The maximum absolute atomic E-state index is 12.7. The van der Waals surface area contributed by atoms with Gasteiger partial charge in [-0.3, -0.25) is 9.69 Å². The third-order valence-electron chi connectivity index (χ3n) is 3.99. The summed E-state index contributed by atoms with van der Waals surface area (Å²) < 4.78 is 16.1. The summed E-state index contributed by atoms with van der Waals surface area (Å²) in [5.41, 5.74) is 0.779. The number of esters is 1. The fourth-order valence-corrected chi connectivity index (χ4v) is 3.88. The number of hydrogen-bond donors (Lipinski definition) is 0. The Morgan fingerprint density at radius 3 is 2.70 bits per heavy atom. The number of carbonyl (C=O) groups excluding carboxylic acids is 2. The van der Waals surface area contributed by atoms with Crippen molar-refractivity contribution < 1.29 is 23.8 Å². The molecular formula is C19H23NO5S2. The van der Waals surface area contributed by atoms with E-state index in [1.54, 1.807) is 26.2 Å². The Bertz CT molecular complexity index is 762. The lowest BCUT2D eigenvalue weighted by atomic mass is 10.1. The first-order valence-corrected chi connectivity index (χ1v) is 9.81. The first-order valence-electron chi connectivity index (χ1n) is 8.58. The fourth-order valence-electron chi connectivity index (χ4n) is 2.46. The molecule has 0 aromatic heterocycles. The molecule has 6 nitrogen and oxygen atoms in total. The van der Waals surface area contributed by atoms with Crippen molar-refractivity contribution in [2.45, 2.75) is 32.7 Å². The Labute approximate surface area is 168 Å². The lowest BCUT2D eigenvalue weighted by Crippen LogP contribution is -2.42. The number of amides is 1. The molecule has 1 heterocycles. The van der Waals surface area contributed by atoms with Gasteiger partial charge in [0.25, 0.3) is 5.91 Å². The average Bonchev–Trinajstić information content (AvgIpc) is 2.94. The second kappa shape index (κ2) is 9.75. The van der Waals surface area contributed by atoms with Gasteiger partial charge in [-0.1, -0.05) is 43.4 Å². The molecule has 1 aliphatic heterocycles. The first kappa shape index (κ1) is 21.2. The summed E-state index contributed by atoms with van der Waals surface area (Å²) in [6.45, 7) is 4.31. The number of nitrogens with zero attached hydrogens (tertiary/aromatic N) is 1. The first-order chi connectivity index (χ1) is 12.9. The molecule has 1 fully saturated rings. The van der Waals surface area contributed by atoms with Gasteiger partial charge >= 0.3 is 5.97 Å². The fraction of sp³-hybridized carbons (Fsp3) is 0.421. The number of hydrogen-bond acceptors (Lipinski definition) is 7. The van der Waals surface area contributed by atoms with Crippen molar-refractivity contribution in [2.24, 2.45) is 0 Å². The molecule has 0 spiro atoms. The van der Waals surface area contributed by atoms with Crippen molar-refractivity contribution in [3.05, 3.63) is 28.7 Å². The Kier molecular flexibility index (Phi) is 7.67. The summed E-state index contributed by atoms with van der Waals surface area (Å²) in [6, 6.07) is 4.70. The highest BCUT2D eigenvalue weighted by Crippen LogP contribution is 2.35. The minimum atomic E-state index is -0.766. The highest BCUT2D eigenvalue weighted by atomic mass is 32.2. The SMILES string of the molecule is CCCCOc1ccc(/C=C2\SC(=S)N([C@H](C)C(=O)OC)C2=O)cc1OC. The highest BCUT2D eigenvalue weighted by Gasteiger charge is 2.38. The summed E-state index contributed by atoms with van der Waals surface area (Å²) in [6.07, 6.45) is 3.74. The van der Waals surface area contributed by atoms with Crippen molar-refractivity contribution >= 4 is 46.3 Å². The van der Waals surface area contributed by atoms with Gasteiger partial charge in [-0.05, 0) is 37.1 Å². The van der Waals surface area contributed by atoms with Crippen molar-refractivity contribution in [1.29, 1.82) is 0 Å². The predicted molar refractivity (Wildman–Crippen MR) is 110 cm³/mol. The van der Waals surface area contributed by atoms with Gasteiger partial charge < -0.3 is 14.2 Å². The monoisotopic (exact) mass is 409 g/mol. The van der Waals surface area contributed by atoms with Gasteiger partial charge in [-0.2, -0.15) is 0 Å². The molecule has 1 aliphatic rings. The second-order valence-corrected chi connectivity index (χ2v) is 7.54. The van der Waals surface area contributed by atoms with Gasteiger partial charge in [0, 0.05) is 0 Å². The number of carbonyl (C=O) groups is 2. The maximum atomic E-state index is 12.7. The molecule has 27 heavy (non-hydrogen) atoms. The molecule has 1 amide bonds. The van der Waals surface area contributed by atoms with Crippen molar-refractivity contribution in [3.63, 3.8) is 0 Å². The summed E-state index contributed by atoms with van der Waals surface area (Å²) in [4.78, 5) is 26.1. The Morgan fingerprint density at radius 2 is 2.07 bits per heavy atom. The van der Waals surface area contributed by atoms with E-state index in [1.807, 2.05) is 12.1 Å². The topological polar surface area (TPSA) is 65.1 Å². The van der Waals surface area contributed by atoms with Crippen LogP contribution in [0.1, 0.15) is 32.3 Å². The molecule has 1 aromatic rings. The van der Waals surface area contributed by atoms with Crippen LogP contribution in [0.15, 0.2) is 23.1 Å². The zero-order chi connectivity index (χ0) is 20.0. The largest absolute Gasteiger partial charge is 0.493 e. The molecule has 0 aliphatic carbocycles. The van der Waals surface area contributed by atoms with Crippen LogP contribution in [0.4, 0.5) is 0 Å². The normalized spacial score (nSPS) is 16.6. The van der Waals surface area contributed by atoms with Crippen LogP contribution in [-0.2, 0) is 14.3 Å². The number of thiocarbonyl (C=S) groups is 1. The molecule has 8 heteroatoms. The van der Waals surface area contributed by atoms with Crippen LogP contribution in [0.3, 0.4) is 0 Å². The van der Waals surface area contributed by atoms with E-state index in [0.717, 1.165) is 30.2 Å². The maximum Gasteiger partial charge on any atom is 0.328 e. The van der Waals surface area contributed by atoms with Crippen LogP contribution in [0.5, 0.6) is 11.5 Å². The van der Waals surface area contributed by atoms with Crippen LogP contribution in [0.25, 0.3) is 6.08 Å². The Morgan fingerprint density at radius 1 is 1.33 bits per heavy atom. The van der Waals surface area contributed by atoms with Crippen LogP contribution in [0, 0.1) is 0 Å². The number of methoxy groups -OCH3 is 2. The van der Waals surface area contributed by atoms with Crippen molar-refractivity contribution in [1.82, 2.24) is 4.90 Å². The summed E-state index contributed by atoms with van der Waals surface area (Å²) in [5, 5.41) is 0. The number of ether oxygens (including phenoxy) is 3. The van der Waals surface area contributed by atoms with Gasteiger partial charge in [0.1, 0.15) is 10.4 Å². The number of benzene rings is 1. The minimum Gasteiger partial charge on any atom is -0.493 e. The summed E-state index contributed by atoms with van der Waals surface area (Å²) in [7, 11) is 2.85. The summed E-state index contributed by atoms with van der Waals surface area (Å²) in [5.74, 6) is 0.432. The second-order valence-electron chi connectivity index (χ2n) is 5.86. The lowest BCUT2D eigenvalue weighted by Gasteiger charge is -2.20. The van der Waals surface area contributed by atoms with Crippen molar-refractivity contribution in [3.8, 4) is 11.5 Å². The molecule has 1 aromatic carbocycles. The van der Waals surface area contributed by atoms with Gasteiger partial charge in [0.15, 0.2) is 11.5 Å². The number of rotatable bonds is 8. The van der Waals surface area contributed by atoms with E-state index in [-0.39, 0.29) is 5.91 Å². The van der Waals surface area contributed by atoms with Crippen LogP contribution < -0.4 is 9.47 Å². The van der Waals surface area contributed by atoms with Gasteiger partial charge in [-0.25, -0.2) is 4.79 Å². The zero-order valence-electron chi connectivity index (χ0n) is 15.8. The lowest BCUT2D eigenvalue weighted by molar-refractivity contribution is -0.147. The van der Waals surface area contributed by atoms with Crippen LogP contribution in [-0.4, -0.2) is 48.0 Å². The molecular weight excluding hydrogens is 386 g/mol. The van der Waals surface area contributed by atoms with E-state index < -0.39 is 12.0 Å². The summed E-state index contributed by atoms with van der Waals surface area (Å²) >= 11 is 6.41. The molecule has 1 saturated heterocycles. The Hall–Kier alpha value is -2.06. The quantitative estimate of drug-likeness (QED) is 0.281. The predicted octanol–water partition coefficient (Wildman–Crippen LogP) is 3.64. The molecule has 0 radical (unpaired) electrons. The van der Waals surface area contributed by atoms with E-state index in [1.165, 1.54) is 12.0 Å². The zero-order valence-corrected chi connectivity index (χ0v) is 17.4. The number of unbranched alkanes of at least 4 members (excludes halogenated alkanes) is 1. The van der Waals surface area contributed by atoms with E-state index in [0.29, 0.717) is 27.3 Å².